The molecule has 0 spiro atoms. The van der Waals surface area contributed by atoms with Gasteiger partial charge in [-0.2, -0.15) is 0 Å². The van der Waals surface area contributed by atoms with Crippen LogP contribution < -0.4 is 0 Å². The first-order valence-corrected chi connectivity index (χ1v) is 7.16. The normalized spacial score (nSPS) is 30.0. The molecule has 1 aliphatic carbocycles. The van der Waals surface area contributed by atoms with E-state index in [1.807, 2.05) is 18.2 Å². The van der Waals surface area contributed by atoms with Gasteiger partial charge in [0.1, 0.15) is 0 Å². The average Bonchev–Trinajstić information content (AvgIpc) is 2.81. The Labute approximate surface area is 113 Å². The molecule has 3 heteroatoms. The standard InChI is InChI=1S/C16H20O3/c17-15(18)16(11-13-6-3-4-10-19-13)9-8-12-5-1-2-7-14(12)16/h1-2,5,7,13H,3-4,6,8-11H2,(H,17,18). The number of aryl methyl sites for hydroxylation is 1. The molecule has 1 aromatic carbocycles. The van der Waals surface area contributed by atoms with Gasteiger partial charge in [0.15, 0.2) is 0 Å². The van der Waals surface area contributed by atoms with E-state index >= 15 is 0 Å². The van der Waals surface area contributed by atoms with E-state index < -0.39 is 11.4 Å². The smallest absolute Gasteiger partial charge is 0.314 e. The van der Waals surface area contributed by atoms with Crippen LogP contribution in [0.15, 0.2) is 24.3 Å². The minimum Gasteiger partial charge on any atom is -0.481 e. The highest BCUT2D eigenvalue weighted by molar-refractivity contribution is 5.83. The Balaban J connectivity index is 1.90. The maximum atomic E-state index is 11.9. The fraction of sp³-hybridized carbons (Fsp3) is 0.562. The van der Waals surface area contributed by atoms with Gasteiger partial charge < -0.3 is 9.84 Å². The van der Waals surface area contributed by atoms with Crippen LogP contribution in [0.2, 0.25) is 0 Å². The molecular formula is C16H20O3. The molecule has 2 unspecified atom stereocenters. The monoisotopic (exact) mass is 260 g/mol. The predicted octanol–water partition coefficient (Wildman–Crippen LogP) is 2.91. The largest absolute Gasteiger partial charge is 0.481 e. The molecule has 2 aliphatic rings. The van der Waals surface area contributed by atoms with Crippen LogP contribution in [0.1, 0.15) is 43.2 Å². The van der Waals surface area contributed by atoms with Crippen molar-refractivity contribution in [2.24, 2.45) is 0 Å². The number of rotatable bonds is 3. The van der Waals surface area contributed by atoms with Crippen LogP contribution in [-0.2, 0) is 21.4 Å². The fourth-order valence-electron chi connectivity index (χ4n) is 3.57. The molecule has 1 aliphatic heterocycles. The molecule has 0 bridgehead atoms. The first kappa shape index (κ1) is 12.7. The van der Waals surface area contributed by atoms with Crippen molar-refractivity contribution in [1.82, 2.24) is 0 Å². The number of benzene rings is 1. The molecule has 1 aromatic rings. The number of hydrogen-bond donors (Lipinski definition) is 1. The summed E-state index contributed by atoms with van der Waals surface area (Å²) >= 11 is 0. The second-order valence-corrected chi connectivity index (χ2v) is 5.74. The van der Waals surface area contributed by atoms with E-state index in [4.69, 9.17) is 4.74 Å². The van der Waals surface area contributed by atoms with Gasteiger partial charge in [-0.1, -0.05) is 24.3 Å². The highest BCUT2D eigenvalue weighted by Crippen LogP contribution is 2.44. The molecule has 0 radical (unpaired) electrons. The van der Waals surface area contributed by atoms with Gasteiger partial charge in [-0.3, -0.25) is 4.79 Å². The van der Waals surface area contributed by atoms with Crippen LogP contribution in [0.25, 0.3) is 0 Å². The summed E-state index contributed by atoms with van der Waals surface area (Å²) in [7, 11) is 0. The minimum atomic E-state index is -0.724. The maximum Gasteiger partial charge on any atom is 0.314 e. The molecule has 2 atom stereocenters. The number of carboxylic acids is 1. The first-order chi connectivity index (χ1) is 9.22. The van der Waals surface area contributed by atoms with Gasteiger partial charge in [0, 0.05) is 6.61 Å². The summed E-state index contributed by atoms with van der Waals surface area (Å²) in [5.41, 5.74) is 1.48. The van der Waals surface area contributed by atoms with Crippen molar-refractivity contribution in [3.8, 4) is 0 Å². The lowest BCUT2D eigenvalue weighted by molar-refractivity contribution is -0.146. The Morgan fingerprint density at radius 1 is 1.37 bits per heavy atom. The Bertz CT molecular complexity index is 477. The second-order valence-electron chi connectivity index (χ2n) is 5.74. The van der Waals surface area contributed by atoms with E-state index in [0.29, 0.717) is 12.8 Å². The zero-order chi connectivity index (χ0) is 13.3. The lowest BCUT2D eigenvalue weighted by Crippen LogP contribution is -2.38. The molecule has 0 aromatic heterocycles. The first-order valence-electron chi connectivity index (χ1n) is 7.16. The van der Waals surface area contributed by atoms with Crippen molar-refractivity contribution in [3.05, 3.63) is 35.4 Å². The number of carbonyl (C=O) groups is 1. The van der Waals surface area contributed by atoms with Crippen molar-refractivity contribution in [2.45, 2.75) is 50.0 Å². The van der Waals surface area contributed by atoms with Crippen LogP contribution >= 0.6 is 0 Å². The molecule has 0 amide bonds. The summed E-state index contributed by atoms with van der Waals surface area (Å²) in [5, 5.41) is 9.79. The van der Waals surface area contributed by atoms with E-state index in [1.165, 1.54) is 5.56 Å². The van der Waals surface area contributed by atoms with Crippen molar-refractivity contribution in [3.63, 3.8) is 0 Å². The van der Waals surface area contributed by atoms with Crippen LogP contribution in [-0.4, -0.2) is 23.8 Å². The molecule has 1 heterocycles. The number of carboxylic acid groups (broad SMARTS) is 1. The number of hydrogen-bond acceptors (Lipinski definition) is 2. The van der Waals surface area contributed by atoms with Crippen LogP contribution in [0, 0.1) is 0 Å². The van der Waals surface area contributed by atoms with Crippen LogP contribution in [0.5, 0.6) is 0 Å². The van der Waals surface area contributed by atoms with Gasteiger partial charge >= 0.3 is 5.97 Å². The summed E-state index contributed by atoms with van der Waals surface area (Å²) in [6.07, 6.45) is 5.57. The van der Waals surface area contributed by atoms with Crippen LogP contribution in [0.3, 0.4) is 0 Å². The third-order valence-corrected chi connectivity index (χ3v) is 4.61. The van der Waals surface area contributed by atoms with Crippen molar-refractivity contribution in [2.75, 3.05) is 6.61 Å². The Morgan fingerprint density at radius 2 is 2.21 bits per heavy atom. The third kappa shape index (κ3) is 2.16. The molecular weight excluding hydrogens is 240 g/mol. The molecule has 1 N–H and O–H groups in total. The van der Waals surface area contributed by atoms with Gasteiger partial charge in [0.2, 0.25) is 0 Å². The van der Waals surface area contributed by atoms with E-state index in [9.17, 15) is 9.90 Å². The Hall–Kier alpha value is -1.35. The van der Waals surface area contributed by atoms with E-state index in [0.717, 1.165) is 37.9 Å². The van der Waals surface area contributed by atoms with Crippen molar-refractivity contribution in [1.29, 1.82) is 0 Å². The lowest BCUT2D eigenvalue weighted by Gasteiger charge is -2.32. The highest BCUT2D eigenvalue weighted by Gasteiger charge is 2.47. The van der Waals surface area contributed by atoms with Crippen LogP contribution in [0.4, 0.5) is 0 Å². The minimum absolute atomic E-state index is 0.107. The van der Waals surface area contributed by atoms with E-state index in [-0.39, 0.29) is 6.10 Å². The number of ether oxygens (including phenoxy) is 1. The number of fused-ring (bicyclic) bond motifs is 1. The van der Waals surface area contributed by atoms with E-state index in [2.05, 4.69) is 6.07 Å². The average molecular weight is 260 g/mol. The Kier molecular flexibility index (Phi) is 3.31. The van der Waals surface area contributed by atoms with Crippen molar-refractivity contribution >= 4 is 5.97 Å². The summed E-state index contributed by atoms with van der Waals surface area (Å²) in [5.74, 6) is -0.688. The molecule has 1 fully saturated rings. The molecule has 0 saturated carbocycles. The SMILES string of the molecule is O=C(O)C1(CC2CCCCO2)CCc2ccccc21. The number of aliphatic carboxylic acids is 1. The van der Waals surface area contributed by atoms with Gasteiger partial charge in [-0.05, 0) is 49.7 Å². The zero-order valence-electron chi connectivity index (χ0n) is 11.1. The zero-order valence-corrected chi connectivity index (χ0v) is 11.1. The fourth-order valence-corrected chi connectivity index (χ4v) is 3.57. The summed E-state index contributed by atoms with van der Waals surface area (Å²) < 4.78 is 5.77. The maximum absolute atomic E-state index is 11.9. The molecule has 102 valence electrons. The third-order valence-electron chi connectivity index (χ3n) is 4.61. The Morgan fingerprint density at radius 3 is 2.95 bits per heavy atom. The summed E-state index contributed by atoms with van der Waals surface area (Å²) in [6, 6.07) is 7.98. The van der Waals surface area contributed by atoms with Crippen molar-refractivity contribution < 1.29 is 14.6 Å². The van der Waals surface area contributed by atoms with Gasteiger partial charge in [0.25, 0.3) is 0 Å². The topological polar surface area (TPSA) is 46.5 Å². The highest BCUT2D eigenvalue weighted by atomic mass is 16.5. The molecule has 1 saturated heterocycles. The van der Waals surface area contributed by atoms with E-state index in [1.54, 1.807) is 0 Å². The molecule has 19 heavy (non-hydrogen) atoms. The summed E-state index contributed by atoms with van der Waals surface area (Å²) in [6.45, 7) is 0.780. The van der Waals surface area contributed by atoms with Gasteiger partial charge in [-0.25, -0.2) is 0 Å². The second kappa shape index (κ2) is 4.97. The quantitative estimate of drug-likeness (QED) is 0.909. The summed E-state index contributed by atoms with van der Waals surface area (Å²) in [4.78, 5) is 11.9. The molecule has 3 nitrogen and oxygen atoms in total. The lowest BCUT2D eigenvalue weighted by atomic mass is 9.76. The molecule has 3 rings (SSSR count). The predicted molar refractivity (Wildman–Crippen MR) is 72.3 cm³/mol. The van der Waals surface area contributed by atoms with Gasteiger partial charge in [-0.15, -0.1) is 0 Å². The van der Waals surface area contributed by atoms with Gasteiger partial charge in [0.05, 0.1) is 11.5 Å².